The predicted molar refractivity (Wildman–Crippen MR) is 77.7 cm³/mol. The molecule has 0 N–H and O–H groups in total. The fraction of sp³-hybridized carbons (Fsp3) is 0.125. The van der Waals surface area contributed by atoms with Crippen LogP contribution in [0.5, 0.6) is 11.5 Å². The second-order valence-corrected chi connectivity index (χ2v) is 4.93. The van der Waals surface area contributed by atoms with E-state index in [0.717, 1.165) is 28.4 Å². The second kappa shape index (κ2) is 4.63. The molecule has 0 radical (unpaired) electrons. The first-order chi connectivity index (χ1) is 10.3. The zero-order valence-electron chi connectivity index (χ0n) is 11.5. The average Bonchev–Trinajstić information content (AvgIpc) is 3.16. The largest absolute Gasteiger partial charge is 0.454 e. The molecule has 0 aliphatic carbocycles. The lowest BCUT2D eigenvalue weighted by Crippen LogP contribution is -1.99. The van der Waals surface area contributed by atoms with Gasteiger partial charge in [0.25, 0.3) is 0 Å². The van der Waals surface area contributed by atoms with E-state index in [1.807, 2.05) is 18.2 Å². The minimum absolute atomic E-state index is 0.265. The normalized spacial score (nSPS) is 12.6. The van der Waals surface area contributed by atoms with Crippen LogP contribution in [0.25, 0.3) is 16.9 Å². The quantitative estimate of drug-likeness (QED) is 0.723. The number of hydrogen-bond donors (Lipinski definition) is 0. The van der Waals surface area contributed by atoms with Crippen LogP contribution in [0.4, 0.5) is 0 Å². The van der Waals surface area contributed by atoms with Gasteiger partial charge in [-0.1, -0.05) is 35.0 Å². The molecule has 21 heavy (non-hydrogen) atoms. The van der Waals surface area contributed by atoms with Gasteiger partial charge in [-0.15, -0.1) is 5.10 Å². The van der Waals surface area contributed by atoms with Crippen LogP contribution in [0, 0.1) is 6.92 Å². The topological polar surface area (TPSA) is 49.2 Å². The molecule has 2 aromatic carbocycles. The van der Waals surface area contributed by atoms with Gasteiger partial charge in [0.15, 0.2) is 11.5 Å². The second-order valence-electron chi connectivity index (χ2n) is 4.93. The molecule has 0 saturated heterocycles. The number of benzene rings is 2. The molecule has 5 heteroatoms. The van der Waals surface area contributed by atoms with Crippen molar-refractivity contribution < 1.29 is 9.47 Å². The number of fused-ring (bicyclic) bond motifs is 1. The van der Waals surface area contributed by atoms with E-state index in [0.29, 0.717) is 0 Å². The first-order valence-corrected chi connectivity index (χ1v) is 6.69. The number of aryl methyl sites for hydroxylation is 1. The maximum Gasteiger partial charge on any atom is 0.231 e. The van der Waals surface area contributed by atoms with Crippen LogP contribution in [0.15, 0.2) is 48.7 Å². The molecular formula is C16H13N3O2. The van der Waals surface area contributed by atoms with Crippen molar-refractivity contribution in [1.82, 2.24) is 15.0 Å². The van der Waals surface area contributed by atoms with E-state index in [2.05, 4.69) is 41.5 Å². The lowest BCUT2D eigenvalue weighted by atomic mass is 10.1. The van der Waals surface area contributed by atoms with Crippen LogP contribution in [0.3, 0.4) is 0 Å². The van der Waals surface area contributed by atoms with Crippen LogP contribution in [0.2, 0.25) is 0 Å². The minimum atomic E-state index is 0.265. The molecule has 0 spiro atoms. The van der Waals surface area contributed by atoms with E-state index in [1.54, 1.807) is 10.9 Å². The molecule has 0 fully saturated rings. The smallest absolute Gasteiger partial charge is 0.231 e. The zero-order chi connectivity index (χ0) is 14.2. The Kier molecular flexibility index (Phi) is 2.64. The summed E-state index contributed by atoms with van der Waals surface area (Å²) in [5.74, 6) is 1.49. The molecule has 0 amide bonds. The summed E-state index contributed by atoms with van der Waals surface area (Å²) in [7, 11) is 0. The lowest BCUT2D eigenvalue weighted by Gasteiger charge is -2.07. The third-order valence-electron chi connectivity index (χ3n) is 3.50. The minimum Gasteiger partial charge on any atom is -0.454 e. The number of rotatable bonds is 2. The maximum absolute atomic E-state index is 5.41. The van der Waals surface area contributed by atoms with Gasteiger partial charge in [-0.2, -0.15) is 0 Å². The molecule has 0 atom stereocenters. The molecule has 0 saturated carbocycles. The van der Waals surface area contributed by atoms with Gasteiger partial charge < -0.3 is 9.47 Å². The highest BCUT2D eigenvalue weighted by Crippen LogP contribution is 2.34. The van der Waals surface area contributed by atoms with Crippen molar-refractivity contribution >= 4 is 0 Å². The van der Waals surface area contributed by atoms with Gasteiger partial charge in [-0.3, -0.25) is 0 Å². The van der Waals surface area contributed by atoms with E-state index in [-0.39, 0.29) is 6.79 Å². The van der Waals surface area contributed by atoms with Crippen molar-refractivity contribution in [2.24, 2.45) is 0 Å². The third kappa shape index (κ3) is 2.03. The van der Waals surface area contributed by atoms with Crippen molar-refractivity contribution in [3.05, 3.63) is 54.2 Å². The van der Waals surface area contributed by atoms with Crippen molar-refractivity contribution in [3.8, 4) is 28.4 Å². The number of ether oxygens (including phenoxy) is 2. The monoisotopic (exact) mass is 279 g/mol. The van der Waals surface area contributed by atoms with Crippen LogP contribution in [-0.4, -0.2) is 21.8 Å². The average molecular weight is 279 g/mol. The molecule has 3 aromatic rings. The van der Waals surface area contributed by atoms with Gasteiger partial charge in [-0.25, -0.2) is 4.68 Å². The van der Waals surface area contributed by atoms with Gasteiger partial charge in [0, 0.05) is 11.6 Å². The fourth-order valence-corrected chi connectivity index (χ4v) is 2.36. The zero-order valence-corrected chi connectivity index (χ0v) is 11.5. The SMILES string of the molecule is Cc1ccc(-c2cnnn2-c2ccc3c(c2)OCO3)cc1. The molecule has 2 heterocycles. The van der Waals surface area contributed by atoms with Crippen molar-refractivity contribution in [2.45, 2.75) is 6.92 Å². The standard InChI is InChI=1S/C16H13N3O2/c1-11-2-4-12(5-3-11)14-9-17-18-19(14)13-6-7-15-16(8-13)21-10-20-15/h2-9H,10H2,1H3. The highest BCUT2D eigenvalue weighted by molar-refractivity contribution is 5.62. The van der Waals surface area contributed by atoms with Gasteiger partial charge >= 0.3 is 0 Å². The summed E-state index contributed by atoms with van der Waals surface area (Å²) in [6, 6.07) is 14.0. The predicted octanol–water partition coefficient (Wildman–Crippen LogP) is 2.97. The molecule has 5 nitrogen and oxygen atoms in total. The Hall–Kier alpha value is -2.82. The van der Waals surface area contributed by atoms with Crippen LogP contribution in [-0.2, 0) is 0 Å². The highest BCUT2D eigenvalue weighted by atomic mass is 16.7. The van der Waals surface area contributed by atoms with E-state index < -0.39 is 0 Å². The molecule has 1 aliphatic heterocycles. The fourth-order valence-electron chi connectivity index (χ4n) is 2.36. The summed E-state index contributed by atoms with van der Waals surface area (Å²) in [6.45, 7) is 2.33. The van der Waals surface area contributed by atoms with E-state index in [1.165, 1.54) is 5.56 Å². The van der Waals surface area contributed by atoms with Gasteiger partial charge in [0.1, 0.15) is 0 Å². The Labute approximate surface area is 121 Å². The molecule has 0 bridgehead atoms. The number of hydrogen-bond acceptors (Lipinski definition) is 4. The van der Waals surface area contributed by atoms with Gasteiger partial charge in [0.2, 0.25) is 6.79 Å². The molecule has 0 unspecified atom stereocenters. The lowest BCUT2D eigenvalue weighted by molar-refractivity contribution is 0.174. The molecule has 104 valence electrons. The van der Waals surface area contributed by atoms with Crippen molar-refractivity contribution in [2.75, 3.05) is 6.79 Å². The van der Waals surface area contributed by atoms with E-state index in [4.69, 9.17) is 9.47 Å². The summed E-state index contributed by atoms with van der Waals surface area (Å²) >= 11 is 0. The summed E-state index contributed by atoms with van der Waals surface area (Å²) in [5, 5.41) is 8.21. The molecule has 1 aliphatic rings. The third-order valence-corrected chi connectivity index (χ3v) is 3.50. The highest BCUT2D eigenvalue weighted by Gasteiger charge is 2.16. The van der Waals surface area contributed by atoms with E-state index >= 15 is 0 Å². The number of aromatic nitrogens is 3. The summed E-state index contributed by atoms with van der Waals surface area (Å²) in [5.41, 5.74) is 4.13. The van der Waals surface area contributed by atoms with Gasteiger partial charge in [-0.05, 0) is 19.1 Å². The summed E-state index contributed by atoms with van der Waals surface area (Å²) in [6.07, 6.45) is 1.76. The Balaban J connectivity index is 1.80. The number of nitrogens with zero attached hydrogens (tertiary/aromatic N) is 3. The first-order valence-electron chi connectivity index (χ1n) is 6.69. The maximum atomic E-state index is 5.41. The molecule has 4 rings (SSSR count). The van der Waals surface area contributed by atoms with Crippen molar-refractivity contribution in [3.63, 3.8) is 0 Å². The first kappa shape index (κ1) is 12.0. The Morgan fingerprint density at radius 2 is 1.81 bits per heavy atom. The molecule has 1 aromatic heterocycles. The Morgan fingerprint density at radius 3 is 2.67 bits per heavy atom. The summed E-state index contributed by atoms with van der Waals surface area (Å²) in [4.78, 5) is 0. The molecular weight excluding hydrogens is 266 g/mol. The Bertz CT molecular complexity index is 794. The van der Waals surface area contributed by atoms with Gasteiger partial charge in [0.05, 0.1) is 17.6 Å². The van der Waals surface area contributed by atoms with Crippen LogP contribution < -0.4 is 9.47 Å². The van der Waals surface area contributed by atoms with Crippen LogP contribution in [0.1, 0.15) is 5.56 Å². The summed E-state index contributed by atoms with van der Waals surface area (Å²) < 4.78 is 12.5. The Morgan fingerprint density at radius 1 is 1.00 bits per heavy atom. The van der Waals surface area contributed by atoms with Crippen LogP contribution >= 0.6 is 0 Å². The van der Waals surface area contributed by atoms with E-state index in [9.17, 15) is 0 Å². The van der Waals surface area contributed by atoms with Crippen molar-refractivity contribution in [1.29, 1.82) is 0 Å².